The fraction of sp³-hybridized carbons (Fsp3) is 0.333. The first-order chi connectivity index (χ1) is 19.7. The lowest BCUT2D eigenvalue weighted by Gasteiger charge is -2.36. The Morgan fingerprint density at radius 3 is 2.85 bits per heavy atom. The number of morpholine rings is 1. The van der Waals surface area contributed by atoms with Crippen LogP contribution in [-0.2, 0) is 17.7 Å². The van der Waals surface area contributed by atoms with Crippen molar-refractivity contribution >= 4 is 11.4 Å². The summed E-state index contributed by atoms with van der Waals surface area (Å²) in [5.74, 6) is 2.45. The van der Waals surface area contributed by atoms with E-state index in [1.807, 2.05) is 18.5 Å². The number of fused-ring (bicyclic) bond motifs is 2. The number of benzene rings is 2. The second kappa shape index (κ2) is 10.8. The van der Waals surface area contributed by atoms with Crippen LogP contribution in [0.3, 0.4) is 0 Å². The Morgan fingerprint density at radius 2 is 1.95 bits per heavy atom. The lowest BCUT2D eigenvalue weighted by Crippen LogP contribution is -2.39. The molecule has 0 amide bonds. The highest BCUT2D eigenvalue weighted by Gasteiger charge is 2.29. The highest BCUT2D eigenvalue weighted by Crippen LogP contribution is 2.43. The minimum absolute atomic E-state index is 0.0966. The molecule has 0 bridgehead atoms. The van der Waals surface area contributed by atoms with E-state index in [1.165, 1.54) is 42.4 Å². The van der Waals surface area contributed by atoms with Crippen molar-refractivity contribution in [2.75, 3.05) is 29.9 Å². The van der Waals surface area contributed by atoms with Crippen LogP contribution in [0.25, 0.3) is 0 Å². The molecular formula is C33H34N4O3. The molecule has 7 rings (SSSR count). The maximum Gasteiger partial charge on any atom is 0.249 e. The van der Waals surface area contributed by atoms with Crippen LogP contribution in [0.15, 0.2) is 78.0 Å². The molecule has 1 saturated heterocycles. The average molecular weight is 535 g/mol. The van der Waals surface area contributed by atoms with Gasteiger partial charge in [-0.2, -0.15) is 0 Å². The van der Waals surface area contributed by atoms with E-state index in [9.17, 15) is 4.79 Å². The Morgan fingerprint density at radius 1 is 1.02 bits per heavy atom. The predicted octanol–water partition coefficient (Wildman–Crippen LogP) is 6.31. The SMILES string of the molecule is O=c1cc(N2CCOC(c3cccc4c3Oc3ccc(NCc5cncc(C6CCCC6)c5)cc3C4)C2)cc[nH]1. The Kier molecular flexibility index (Phi) is 6.73. The van der Waals surface area contributed by atoms with Gasteiger partial charge in [-0.25, -0.2) is 0 Å². The number of pyridine rings is 2. The molecule has 7 heteroatoms. The third-order valence-electron chi connectivity index (χ3n) is 8.46. The molecule has 2 N–H and O–H groups in total. The third kappa shape index (κ3) is 5.09. The van der Waals surface area contributed by atoms with E-state index in [1.54, 1.807) is 12.3 Å². The molecule has 2 aromatic heterocycles. The molecule has 204 valence electrons. The number of hydrogen-bond acceptors (Lipinski definition) is 6. The van der Waals surface area contributed by atoms with E-state index < -0.39 is 0 Å². The number of ether oxygens (including phenoxy) is 2. The summed E-state index contributed by atoms with van der Waals surface area (Å²) in [6.07, 6.45) is 11.6. The minimum atomic E-state index is -0.140. The van der Waals surface area contributed by atoms with Crippen molar-refractivity contribution in [2.45, 2.75) is 50.7 Å². The molecule has 4 heterocycles. The molecular weight excluding hydrogens is 500 g/mol. The van der Waals surface area contributed by atoms with Crippen molar-refractivity contribution in [1.82, 2.24) is 9.97 Å². The normalized spacial score (nSPS) is 18.6. The number of para-hydroxylation sites is 1. The number of anilines is 2. The van der Waals surface area contributed by atoms with Gasteiger partial charge in [0.05, 0.1) is 6.61 Å². The van der Waals surface area contributed by atoms with Crippen molar-refractivity contribution < 1.29 is 9.47 Å². The summed E-state index contributed by atoms with van der Waals surface area (Å²) < 4.78 is 12.7. The summed E-state index contributed by atoms with van der Waals surface area (Å²) in [4.78, 5) is 21.3. The van der Waals surface area contributed by atoms with E-state index in [4.69, 9.17) is 9.47 Å². The molecule has 1 unspecified atom stereocenters. The van der Waals surface area contributed by atoms with E-state index in [0.717, 1.165) is 53.5 Å². The number of nitrogens with one attached hydrogen (secondary N) is 2. The Bertz CT molecular complexity index is 1580. The molecule has 1 saturated carbocycles. The number of aromatic amines is 1. The molecule has 1 atom stereocenters. The molecule has 2 aliphatic heterocycles. The predicted molar refractivity (Wildman–Crippen MR) is 157 cm³/mol. The van der Waals surface area contributed by atoms with E-state index in [0.29, 0.717) is 19.1 Å². The number of rotatable bonds is 6. The van der Waals surface area contributed by atoms with Gasteiger partial charge in [0, 0.05) is 73.2 Å². The molecule has 40 heavy (non-hydrogen) atoms. The molecule has 0 spiro atoms. The second-order valence-corrected chi connectivity index (χ2v) is 11.1. The summed E-state index contributed by atoms with van der Waals surface area (Å²) in [5, 5.41) is 3.59. The van der Waals surface area contributed by atoms with Gasteiger partial charge in [-0.1, -0.05) is 37.1 Å². The van der Waals surface area contributed by atoms with Gasteiger partial charge in [0.1, 0.15) is 17.6 Å². The molecule has 2 fully saturated rings. The molecule has 2 aromatic carbocycles. The van der Waals surface area contributed by atoms with Gasteiger partial charge in [0.25, 0.3) is 0 Å². The summed E-state index contributed by atoms with van der Waals surface area (Å²) in [6, 6.07) is 18.6. The average Bonchev–Trinajstić information content (AvgIpc) is 3.54. The van der Waals surface area contributed by atoms with Gasteiger partial charge < -0.3 is 24.7 Å². The zero-order valence-corrected chi connectivity index (χ0v) is 22.6. The van der Waals surface area contributed by atoms with E-state index in [-0.39, 0.29) is 11.7 Å². The van der Waals surface area contributed by atoms with Gasteiger partial charge >= 0.3 is 0 Å². The standard InChI is InChI=1S/C33H34N4O3/c38-32-17-28(10-11-35-32)37-12-13-39-31(21-37)29-7-3-6-24-15-25-16-27(8-9-30(25)40-33(24)29)36-19-22-14-26(20-34-18-22)23-4-1-2-5-23/h3,6-11,14,16-18,20,23,31,36H,1-2,4-5,12-13,15,19,21H2,(H,35,38). The van der Waals surface area contributed by atoms with Crippen molar-refractivity contribution in [3.63, 3.8) is 0 Å². The van der Waals surface area contributed by atoms with Crippen LogP contribution in [0.5, 0.6) is 11.5 Å². The molecule has 7 nitrogen and oxygen atoms in total. The van der Waals surface area contributed by atoms with Crippen LogP contribution in [0.1, 0.15) is 65.5 Å². The fourth-order valence-corrected chi connectivity index (χ4v) is 6.36. The smallest absolute Gasteiger partial charge is 0.249 e. The molecule has 3 aliphatic rings. The lowest BCUT2D eigenvalue weighted by atomic mass is 9.95. The summed E-state index contributed by atoms with van der Waals surface area (Å²) in [5.41, 5.74) is 7.87. The van der Waals surface area contributed by atoms with Crippen LogP contribution < -0.4 is 20.5 Å². The van der Waals surface area contributed by atoms with Gasteiger partial charge in [0.15, 0.2) is 0 Å². The zero-order chi connectivity index (χ0) is 26.9. The van der Waals surface area contributed by atoms with Crippen LogP contribution in [-0.4, -0.2) is 29.7 Å². The maximum atomic E-state index is 11.9. The van der Waals surface area contributed by atoms with Crippen molar-refractivity contribution in [1.29, 1.82) is 0 Å². The van der Waals surface area contributed by atoms with Gasteiger partial charge in [-0.05, 0) is 59.7 Å². The lowest BCUT2D eigenvalue weighted by molar-refractivity contribution is 0.0384. The highest BCUT2D eigenvalue weighted by molar-refractivity contribution is 5.59. The van der Waals surface area contributed by atoms with Crippen molar-refractivity contribution in [2.24, 2.45) is 0 Å². The minimum Gasteiger partial charge on any atom is -0.456 e. The van der Waals surface area contributed by atoms with Gasteiger partial charge in [-0.15, -0.1) is 0 Å². The first-order valence-electron chi connectivity index (χ1n) is 14.4. The van der Waals surface area contributed by atoms with Crippen molar-refractivity contribution in [3.05, 3.63) is 111 Å². The summed E-state index contributed by atoms with van der Waals surface area (Å²) >= 11 is 0. The quantitative estimate of drug-likeness (QED) is 0.266. The third-order valence-corrected chi connectivity index (χ3v) is 8.46. The van der Waals surface area contributed by atoms with Crippen LogP contribution in [0.4, 0.5) is 11.4 Å². The largest absolute Gasteiger partial charge is 0.456 e. The first-order valence-corrected chi connectivity index (χ1v) is 14.4. The monoisotopic (exact) mass is 534 g/mol. The first kappa shape index (κ1) is 24.9. The summed E-state index contributed by atoms with van der Waals surface area (Å²) in [7, 11) is 0. The van der Waals surface area contributed by atoms with Crippen LogP contribution in [0, 0.1) is 0 Å². The van der Waals surface area contributed by atoms with Crippen molar-refractivity contribution in [3.8, 4) is 11.5 Å². The number of H-pyrrole nitrogens is 1. The molecule has 1 aliphatic carbocycles. The second-order valence-electron chi connectivity index (χ2n) is 11.1. The number of hydrogen-bond donors (Lipinski definition) is 2. The number of nitrogens with zero attached hydrogens (tertiary/aromatic N) is 2. The Hall–Kier alpha value is -4.10. The molecule has 4 aromatic rings. The van der Waals surface area contributed by atoms with Crippen LogP contribution >= 0.6 is 0 Å². The van der Waals surface area contributed by atoms with Crippen LogP contribution in [0.2, 0.25) is 0 Å². The topological polar surface area (TPSA) is 79.5 Å². The number of aromatic nitrogens is 2. The summed E-state index contributed by atoms with van der Waals surface area (Å²) in [6.45, 7) is 2.74. The van der Waals surface area contributed by atoms with Gasteiger partial charge in [-0.3, -0.25) is 9.78 Å². The zero-order valence-electron chi connectivity index (χ0n) is 22.6. The molecule has 0 radical (unpaired) electrons. The van der Waals surface area contributed by atoms with E-state index >= 15 is 0 Å². The highest BCUT2D eigenvalue weighted by atomic mass is 16.5. The Balaban J connectivity index is 1.06. The van der Waals surface area contributed by atoms with E-state index in [2.05, 4.69) is 62.6 Å². The Labute approximate surface area is 234 Å². The fourth-order valence-electron chi connectivity index (χ4n) is 6.36. The van der Waals surface area contributed by atoms with Gasteiger partial charge in [0.2, 0.25) is 5.56 Å². The maximum absolute atomic E-state index is 11.9.